The van der Waals surface area contributed by atoms with Crippen LogP contribution in [-0.2, 0) is 17.9 Å². The lowest BCUT2D eigenvalue weighted by atomic mass is 9.95. The maximum Gasteiger partial charge on any atom is 0.223 e. The minimum absolute atomic E-state index is 0. The third-order valence-corrected chi connectivity index (χ3v) is 5.86. The van der Waals surface area contributed by atoms with Crippen molar-refractivity contribution in [3.05, 3.63) is 35.4 Å². The maximum atomic E-state index is 12.5. The Bertz CT molecular complexity index is 562. The van der Waals surface area contributed by atoms with Crippen LogP contribution in [0.5, 0.6) is 0 Å². The van der Waals surface area contributed by atoms with Crippen molar-refractivity contribution in [3.8, 4) is 0 Å². The highest BCUT2D eigenvalue weighted by molar-refractivity contribution is 5.85. The summed E-state index contributed by atoms with van der Waals surface area (Å²) in [4.78, 5) is 15.0. The second kappa shape index (κ2) is 12.6. The van der Waals surface area contributed by atoms with Gasteiger partial charge in [0, 0.05) is 19.0 Å². The van der Waals surface area contributed by atoms with Crippen molar-refractivity contribution >= 4 is 30.7 Å². The number of likely N-dealkylation sites (tertiary alicyclic amines) is 1. The van der Waals surface area contributed by atoms with Crippen LogP contribution in [0.2, 0.25) is 0 Å². The van der Waals surface area contributed by atoms with Crippen molar-refractivity contribution in [1.82, 2.24) is 10.2 Å². The first kappa shape index (κ1) is 24.2. The van der Waals surface area contributed by atoms with Crippen LogP contribution in [-0.4, -0.2) is 30.4 Å². The third kappa shape index (κ3) is 7.26. The van der Waals surface area contributed by atoms with E-state index >= 15 is 0 Å². The number of nitrogens with zero attached hydrogens (tertiary/aromatic N) is 1. The number of amides is 1. The van der Waals surface area contributed by atoms with Gasteiger partial charge in [0.05, 0.1) is 0 Å². The van der Waals surface area contributed by atoms with Crippen LogP contribution in [0.15, 0.2) is 24.3 Å². The Morgan fingerprint density at radius 3 is 2.44 bits per heavy atom. The molecular formula is C21H35Cl2N3O. The zero-order valence-electron chi connectivity index (χ0n) is 16.2. The van der Waals surface area contributed by atoms with Gasteiger partial charge in [-0.3, -0.25) is 9.69 Å². The lowest BCUT2D eigenvalue weighted by molar-refractivity contribution is -0.126. The van der Waals surface area contributed by atoms with Crippen molar-refractivity contribution in [1.29, 1.82) is 0 Å². The zero-order chi connectivity index (χ0) is 17.5. The molecule has 6 heteroatoms. The quantitative estimate of drug-likeness (QED) is 0.740. The van der Waals surface area contributed by atoms with E-state index in [1.54, 1.807) is 0 Å². The van der Waals surface area contributed by atoms with E-state index in [9.17, 15) is 4.79 Å². The molecule has 154 valence electrons. The largest absolute Gasteiger partial charge is 0.352 e. The highest BCUT2D eigenvalue weighted by Gasteiger charge is 2.31. The van der Waals surface area contributed by atoms with Crippen molar-refractivity contribution < 1.29 is 4.79 Å². The van der Waals surface area contributed by atoms with Crippen LogP contribution in [0.1, 0.15) is 56.1 Å². The molecule has 1 aromatic carbocycles. The first-order chi connectivity index (χ1) is 12.3. The third-order valence-electron chi connectivity index (χ3n) is 5.86. The van der Waals surface area contributed by atoms with Crippen LogP contribution >= 0.6 is 24.8 Å². The lowest BCUT2D eigenvalue weighted by Gasteiger charge is -2.20. The van der Waals surface area contributed by atoms with E-state index in [4.69, 9.17) is 5.73 Å². The van der Waals surface area contributed by atoms with E-state index in [-0.39, 0.29) is 36.6 Å². The molecule has 0 bridgehead atoms. The molecule has 0 unspecified atom stereocenters. The van der Waals surface area contributed by atoms with Gasteiger partial charge < -0.3 is 11.1 Å². The maximum absolute atomic E-state index is 12.5. The Balaban J connectivity index is 0.00000182. The molecule has 1 aliphatic heterocycles. The summed E-state index contributed by atoms with van der Waals surface area (Å²) in [5.41, 5.74) is 8.36. The molecule has 3 rings (SSSR count). The predicted octanol–water partition coefficient (Wildman–Crippen LogP) is 3.90. The lowest BCUT2D eigenvalue weighted by Crippen LogP contribution is -2.34. The minimum Gasteiger partial charge on any atom is -0.352 e. The summed E-state index contributed by atoms with van der Waals surface area (Å²) in [6.45, 7) is 4.70. The number of carbonyl (C=O) groups excluding carboxylic acids is 1. The molecule has 2 fully saturated rings. The number of rotatable bonds is 6. The van der Waals surface area contributed by atoms with Crippen molar-refractivity contribution in [2.45, 2.75) is 58.0 Å². The fraction of sp³-hybridized carbons (Fsp3) is 0.667. The number of hydrogen-bond acceptors (Lipinski definition) is 3. The summed E-state index contributed by atoms with van der Waals surface area (Å²) < 4.78 is 0. The van der Waals surface area contributed by atoms with E-state index < -0.39 is 0 Å². The minimum atomic E-state index is 0. The average molecular weight is 416 g/mol. The van der Waals surface area contributed by atoms with Gasteiger partial charge in [0.15, 0.2) is 0 Å². The van der Waals surface area contributed by atoms with E-state index in [0.717, 1.165) is 25.8 Å². The van der Waals surface area contributed by atoms with Gasteiger partial charge in [-0.2, -0.15) is 0 Å². The summed E-state index contributed by atoms with van der Waals surface area (Å²) in [6.07, 6.45) is 8.59. The van der Waals surface area contributed by atoms with Crippen LogP contribution in [0, 0.1) is 11.8 Å². The van der Waals surface area contributed by atoms with Gasteiger partial charge in [0.2, 0.25) is 5.91 Å². The van der Waals surface area contributed by atoms with Gasteiger partial charge in [-0.05, 0) is 62.4 Å². The van der Waals surface area contributed by atoms with Crippen molar-refractivity contribution in [3.63, 3.8) is 0 Å². The molecule has 1 heterocycles. The van der Waals surface area contributed by atoms with Gasteiger partial charge in [-0.15, -0.1) is 24.8 Å². The molecule has 1 aromatic rings. The number of halogens is 2. The molecule has 0 spiro atoms. The van der Waals surface area contributed by atoms with Gasteiger partial charge in [0.25, 0.3) is 0 Å². The summed E-state index contributed by atoms with van der Waals surface area (Å²) in [7, 11) is 0. The molecule has 2 aliphatic rings. The predicted molar refractivity (Wildman–Crippen MR) is 116 cm³/mol. The Hall–Kier alpha value is -0.810. The number of nitrogens with two attached hydrogens (primary N) is 1. The van der Waals surface area contributed by atoms with Crippen molar-refractivity contribution in [2.75, 3.05) is 19.6 Å². The van der Waals surface area contributed by atoms with Crippen LogP contribution in [0.3, 0.4) is 0 Å². The fourth-order valence-electron chi connectivity index (χ4n) is 4.37. The molecule has 2 atom stereocenters. The smallest absolute Gasteiger partial charge is 0.223 e. The van der Waals surface area contributed by atoms with E-state index in [2.05, 4.69) is 34.5 Å². The van der Waals surface area contributed by atoms with Gasteiger partial charge in [0.1, 0.15) is 0 Å². The van der Waals surface area contributed by atoms with Crippen LogP contribution < -0.4 is 11.1 Å². The molecule has 0 aromatic heterocycles. The SMILES string of the molecule is Cl.Cl.NC[C@H]1CCC[C@H]1C(=O)NCc1cccc(CN2CCCCCC2)c1. The standard InChI is InChI=1S/C21H33N3O.2ClH/c22-14-19-9-6-10-20(19)21(25)23-15-17-7-5-8-18(13-17)16-24-11-3-1-2-4-12-24;;/h5,7-8,13,19-20H,1-4,6,9-12,14-16,22H2,(H,23,25);2*1H/t19-,20-;;/m1../s1. The van der Waals surface area contributed by atoms with Crippen molar-refractivity contribution in [2.24, 2.45) is 17.6 Å². The average Bonchev–Trinajstić information content (AvgIpc) is 2.97. The summed E-state index contributed by atoms with van der Waals surface area (Å²) in [5.74, 6) is 0.672. The Morgan fingerprint density at radius 2 is 1.74 bits per heavy atom. The Morgan fingerprint density at radius 1 is 1.04 bits per heavy atom. The number of benzene rings is 1. The zero-order valence-corrected chi connectivity index (χ0v) is 17.8. The Kier molecular flexibility index (Phi) is 11.3. The highest BCUT2D eigenvalue weighted by Crippen LogP contribution is 2.31. The van der Waals surface area contributed by atoms with Crippen LogP contribution in [0.4, 0.5) is 0 Å². The highest BCUT2D eigenvalue weighted by atomic mass is 35.5. The molecule has 4 nitrogen and oxygen atoms in total. The normalized spacial score (nSPS) is 23.0. The summed E-state index contributed by atoms with van der Waals surface area (Å²) >= 11 is 0. The second-order valence-corrected chi connectivity index (χ2v) is 7.76. The number of hydrogen-bond donors (Lipinski definition) is 2. The molecule has 1 saturated heterocycles. The molecule has 0 radical (unpaired) electrons. The summed E-state index contributed by atoms with van der Waals surface area (Å²) in [5, 5.41) is 3.14. The molecule has 3 N–H and O–H groups in total. The number of carbonyl (C=O) groups is 1. The van der Waals surface area contributed by atoms with Crippen LogP contribution in [0.25, 0.3) is 0 Å². The van der Waals surface area contributed by atoms with Gasteiger partial charge in [-0.1, -0.05) is 43.5 Å². The molecular weight excluding hydrogens is 381 g/mol. The van der Waals surface area contributed by atoms with Gasteiger partial charge in [-0.25, -0.2) is 0 Å². The fourth-order valence-corrected chi connectivity index (χ4v) is 4.37. The monoisotopic (exact) mass is 415 g/mol. The first-order valence-electron chi connectivity index (χ1n) is 10.0. The molecule has 1 saturated carbocycles. The summed E-state index contributed by atoms with van der Waals surface area (Å²) in [6, 6.07) is 8.69. The van der Waals surface area contributed by atoms with E-state index in [0.29, 0.717) is 19.0 Å². The van der Waals surface area contributed by atoms with E-state index in [1.165, 1.54) is 49.9 Å². The first-order valence-corrected chi connectivity index (χ1v) is 10.0. The molecule has 27 heavy (non-hydrogen) atoms. The van der Waals surface area contributed by atoms with E-state index in [1.807, 2.05) is 0 Å². The second-order valence-electron chi connectivity index (χ2n) is 7.76. The topological polar surface area (TPSA) is 58.4 Å². The van der Waals surface area contributed by atoms with Gasteiger partial charge >= 0.3 is 0 Å². The molecule has 1 aliphatic carbocycles. The number of nitrogens with one attached hydrogen (secondary N) is 1. The Labute approximate surface area is 176 Å². The molecule has 1 amide bonds.